The van der Waals surface area contributed by atoms with Crippen LogP contribution in [0, 0.1) is 6.92 Å². The van der Waals surface area contributed by atoms with Crippen LogP contribution < -0.4 is 9.73 Å². The highest BCUT2D eigenvalue weighted by Crippen LogP contribution is 2.29. The minimum absolute atomic E-state index is 0.0581. The van der Waals surface area contributed by atoms with E-state index in [4.69, 9.17) is 0 Å². The third kappa shape index (κ3) is 6.34. The molecule has 4 aromatic carbocycles. The molecule has 0 radical (unpaired) electrons. The molecule has 0 aliphatic rings. The Labute approximate surface area is 225 Å². The number of halogens is 1. The van der Waals surface area contributed by atoms with Crippen molar-refractivity contribution in [2.45, 2.75) is 25.3 Å². The first-order chi connectivity index (χ1) is 17.8. The molecule has 0 saturated heterocycles. The zero-order chi connectivity index (χ0) is 26.4. The van der Waals surface area contributed by atoms with Crippen LogP contribution in [0.1, 0.15) is 34.0 Å². The number of benzene rings is 4. The first kappa shape index (κ1) is 26.3. The quantitative estimate of drug-likeness (QED) is 0.197. The lowest BCUT2D eigenvalue weighted by Crippen LogP contribution is -2.33. The molecule has 0 fully saturated rings. The largest absolute Gasteiger partial charge is 0.273 e. The van der Waals surface area contributed by atoms with Crippen molar-refractivity contribution in [2.75, 3.05) is 4.31 Å². The maximum Gasteiger partial charge on any atom is 0.273 e. The summed E-state index contributed by atoms with van der Waals surface area (Å²) in [6, 6.07) is 30.2. The molecule has 4 rings (SSSR count). The Morgan fingerprint density at radius 2 is 1.49 bits per heavy atom. The lowest BCUT2D eigenvalue weighted by Gasteiger charge is -2.26. The number of nitrogens with zero attached hydrogens (tertiary/aromatic N) is 2. The number of para-hydroxylation sites is 1. The molecule has 0 saturated carbocycles. The fraction of sp³-hybridized carbons (Fsp3) is 0.103. The van der Waals surface area contributed by atoms with E-state index in [1.165, 1.54) is 4.31 Å². The average Bonchev–Trinajstić information content (AvgIpc) is 2.91. The van der Waals surface area contributed by atoms with Gasteiger partial charge < -0.3 is 0 Å². The third-order valence-electron chi connectivity index (χ3n) is 5.78. The Kier molecular flexibility index (Phi) is 8.21. The number of anilines is 1. The number of amides is 1. The number of aryl methyl sites for hydroxylation is 1. The summed E-state index contributed by atoms with van der Waals surface area (Å²) in [6.45, 7) is 3.75. The average molecular weight is 577 g/mol. The van der Waals surface area contributed by atoms with Crippen molar-refractivity contribution in [3.05, 3.63) is 130 Å². The third-order valence-corrected chi connectivity index (χ3v) is 8.09. The molecular weight excluding hydrogens is 550 g/mol. The van der Waals surface area contributed by atoms with Crippen LogP contribution in [-0.2, 0) is 16.6 Å². The molecule has 37 heavy (non-hydrogen) atoms. The SMILES string of the molecule is C/C(=N/NC(=O)c1ccccc1N(Cc1ccccc1)S(=O)(=O)c1ccc(C)cc1)c1ccc(Br)cc1. The maximum absolute atomic E-state index is 13.9. The molecule has 8 heteroatoms. The number of carbonyl (C=O) groups excluding carboxylic acids is 1. The fourth-order valence-corrected chi connectivity index (χ4v) is 5.46. The number of carbonyl (C=O) groups is 1. The maximum atomic E-state index is 13.9. The van der Waals surface area contributed by atoms with Gasteiger partial charge in [-0.15, -0.1) is 0 Å². The standard InChI is InChI=1S/C29H26BrN3O3S/c1-21-12-18-26(19-13-21)37(35,36)33(20-23-8-4-3-5-9-23)28-11-7-6-10-27(28)29(34)32-31-22(2)24-14-16-25(30)17-15-24/h3-19H,20H2,1-2H3,(H,32,34)/b31-22-. The summed E-state index contributed by atoms with van der Waals surface area (Å²) in [5, 5.41) is 4.25. The summed E-state index contributed by atoms with van der Waals surface area (Å²) in [5.74, 6) is -0.510. The van der Waals surface area contributed by atoms with Gasteiger partial charge in [0.1, 0.15) is 0 Å². The molecule has 1 amide bonds. The first-order valence-corrected chi connectivity index (χ1v) is 13.8. The van der Waals surface area contributed by atoms with E-state index in [9.17, 15) is 13.2 Å². The van der Waals surface area contributed by atoms with Gasteiger partial charge in [-0.2, -0.15) is 5.10 Å². The topological polar surface area (TPSA) is 78.8 Å². The van der Waals surface area contributed by atoms with E-state index >= 15 is 0 Å². The molecular formula is C29H26BrN3O3S. The smallest absolute Gasteiger partial charge is 0.267 e. The van der Waals surface area contributed by atoms with Gasteiger partial charge in [-0.1, -0.05) is 88.2 Å². The van der Waals surface area contributed by atoms with Crippen LogP contribution >= 0.6 is 15.9 Å². The molecule has 1 N–H and O–H groups in total. The highest BCUT2D eigenvalue weighted by molar-refractivity contribution is 9.10. The number of hydrogen-bond donors (Lipinski definition) is 1. The van der Waals surface area contributed by atoms with Gasteiger partial charge in [0.25, 0.3) is 15.9 Å². The van der Waals surface area contributed by atoms with Crippen LogP contribution in [0.3, 0.4) is 0 Å². The molecule has 0 spiro atoms. The zero-order valence-electron chi connectivity index (χ0n) is 20.4. The van der Waals surface area contributed by atoms with E-state index in [2.05, 4.69) is 26.5 Å². The lowest BCUT2D eigenvalue weighted by molar-refractivity contribution is 0.0955. The summed E-state index contributed by atoms with van der Waals surface area (Å²) in [7, 11) is -3.99. The normalized spacial score (nSPS) is 11.7. The predicted molar refractivity (Wildman–Crippen MR) is 151 cm³/mol. The van der Waals surface area contributed by atoms with Crippen molar-refractivity contribution < 1.29 is 13.2 Å². The second kappa shape index (κ2) is 11.5. The van der Waals surface area contributed by atoms with Gasteiger partial charge in [0.2, 0.25) is 0 Å². The molecule has 0 unspecified atom stereocenters. The van der Waals surface area contributed by atoms with Crippen LogP contribution in [0.2, 0.25) is 0 Å². The van der Waals surface area contributed by atoms with E-state index in [1.807, 2.05) is 61.5 Å². The number of rotatable bonds is 8. The molecule has 0 aromatic heterocycles. The monoisotopic (exact) mass is 575 g/mol. The van der Waals surface area contributed by atoms with Crippen molar-refractivity contribution in [3.8, 4) is 0 Å². The molecule has 0 atom stereocenters. The second-order valence-corrected chi connectivity index (χ2v) is 11.3. The van der Waals surface area contributed by atoms with E-state index in [1.54, 1.807) is 55.5 Å². The predicted octanol–water partition coefficient (Wildman–Crippen LogP) is 6.31. The van der Waals surface area contributed by atoms with Crippen molar-refractivity contribution in [1.29, 1.82) is 0 Å². The Hall–Kier alpha value is -3.75. The summed E-state index contributed by atoms with van der Waals surface area (Å²) in [6.07, 6.45) is 0. The van der Waals surface area contributed by atoms with Gasteiger partial charge in [-0.3, -0.25) is 9.10 Å². The van der Waals surface area contributed by atoms with Gasteiger partial charge in [-0.25, -0.2) is 13.8 Å². The minimum atomic E-state index is -3.99. The minimum Gasteiger partial charge on any atom is -0.267 e. The van der Waals surface area contributed by atoms with E-state index in [0.717, 1.165) is 21.2 Å². The molecule has 6 nitrogen and oxygen atoms in total. The number of hydrazone groups is 1. The second-order valence-electron chi connectivity index (χ2n) is 8.47. The van der Waals surface area contributed by atoms with Crippen LogP contribution in [0.5, 0.6) is 0 Å². The van der Waals surface area contributed by atoms with E-state index in [-0.39, 0.29) is 22.7 Å². The molecule has 0 bridgehead atoms. The first-order valence-electron chi connectivity index (χ1n) is 11.6. The van der Waals surface area contributed by atoms with Crippen molar-refractivity contribution in [3.63, 3.8) is 0 Å². The van der Waals surface area contributed by atoms with Crippen molar-refractivity contribution in [2.24, 2.45) is 5.10 Å². The van der Waals surface area contributed by atoms with Crippen molar-refractivity contribution >= 4 is 43.3 Å². The summed E-state index contributed by atoms with van der Waals surface area (Å²) in [4.78, 5) is 13.4. The Morgan fingerprint density at radius 3 is 2.16 bits per heavy atom. The molecule has 0 aliphatic carbocycles. The van der Waals surface area contributed by atoms with Crippen LogP contribution in [0.15, 0.2) is 118 Å². The Balaban J connectivity index is 1.72. The zero-order valence-corrected chi connectivity index (χ0v) is 22.8. The number of sulfonamides is 1. The van der Waals surface area contributed by atoms with Crippen LogP contribution in [0.4, 0.5) is 5.69 Å². The number of nitrogens with one attached hydrogen (secondary N) is 1. The molecule has 0 heterocycles. The summed E-state index contributed by atoms with van der Waals surface area (Å²) >= 11 is 3.41. The van der Waals surface area contributed by atoms with Crippen LogP contribution in [-0.4, -0.2) is 20.0 Å². The molecule has 0 aliphatic heterocycles. The van der Waals surface area contributed by atoms with Gasteiger partial charge in [0.05, 0.1) is 28.4 Å². The number of hydrogen-bond acceptors (Lipinski definition) is 4. The van der Waals surface area contributed by atoms with Gasteiger partial charge in [0, 0.05) is 4.47 Å². The highest BCUT2D eigenvalue weighted by Gasteiger charge is 2.28. The van der Waals surface area contributed by atoms with Gasteiger partial charge in [0.15, 0.2) is 0 Å². The Morgan fingerprint density at radius 1 is 0.865 bits per heavy atom. The highest BCUT2D eigenvalue weighted by atomic mass is 79.9. The molecule has 188 valence electrons. The van der Waals surface area contributed by atoms with Crippen molar-refractivity contribution in [1.82, 2.24) is 5.43 Å². The van der Waals surface area contributed by atoms with Crippen LogP contribution in [0.25, 0.3) is 0 Å². The Bertz CT molecular complexity index is 1520. The van der Waals surface area contributed by atoms with E-state index < -0.39 is 15.9 Å². The summed E-state index contributed by atoms with van der Waals surface area (Å²) < 4.78 is 29.9. The van der Waals surface area contributed by atoms with Gasteiger partial charge in [-0.05, 0) is 61.4 Å². The summed E-state index contributed by atoms with van der Waals surface area (Å²) in [5.41, 5.74) is 6.26. The van der Waals surface area contributed by atoms with E-state index in [0.29, 0.717) is 5.71 Å². The molecule has 4 aromatic rings. The van der Waals surface area contributed by atoms with Gasteiger partial charge >= 0.3 is 0 Å². The fourth-order valence-electron chi connectivity index (χ4n) is 3.72. The lowest BCUT2D eigenvalue weighted by atomic mass is 10.1.